The third-order valence-electron chi connectivity index (χ3n) is 4.45. The molecule has 0 aliphatic carbocycles. The molecule has 1 saturated heterocycles. The normalized spacial score (nSPS) is 22.2. The maximum absolute atomic E-state index is 5.53. The number of likely N-dealkylation sites (N-methyl/N-ethyl adjacent to an activating group) is 2. The van der Waals surface area contributed by atoms with Crippen molar-refractivity contribution in [2.75, 3.05) is 46.9 Å². The van der Waals surface area contributed by atoms with Crippen LogP contribution in [0.3, 0.4) is 0 Å². The number of methoxy groups -OCH3 is 1. The van der Waals surface area contributed by atoms with E-state index < -0.39 is 0 Å². The SMILES string of the molecule is CCNC(CN1CCN(C)C(C)C1)c1ccccc1OC. The van der Waals surface area contributed by atoms with Crippen LogP contribution in [0.15, 0.2) is 24.3 Å². The molecule has 1 fully saturated rings. The Hall–Kier alpha value is -1.10. The van der Waals surface area contributed by atoms with Crippen LogP contribution in [0.5, 0.6) is 5.75 Å². The van der Waals surface area contributed by atoms with Gasteiger partial charge in [-0.05, 0) is 26.6 Å². The fourth-order valence-electron chi connectivity index (χ4n) is 3.02. The molecule has 1 N–H and O–H groups in total. The lowest BCUT2D eigenvalue weighted by Crippen LogP contribution is -2.51. The van der Waals surface area contributed by atoms with Crippen molar-refractivity contribution in [2.24, 2.45) is 0 Å². The van der Waals surface area contributed by atoms with Crippen LogP contribution < -0.4 is 10.1 Å². The highest BCUT2D eigenvalue weighted by Crippen LogP contribution is 2.26. The highest BCUT2D eigenvalue weighted by Gasteiger charge is 2.24. The van der Waals surface area contributed by atoms with E-state index in [1.54, 1.807) is 7.11 Å². The summed E-state index contributed by atoms with van der Waals surface area (Å²) in [6.07, 6.45) is 0. The van der Waals surface area contributed by atoms with Crippen LogP contribution in [-0.2, 0) is 0 Å². The Morgan fingerprint density at radius 1 is 1.33 bits per heavy atom. The van der Waals surface area contributed by atoms with E-state index >= 15 is 0 Å². The van der Waals surface area contributed by atoms with E-state index in [0.29, 0.717) is 12.1 Å². The van der Waals surface area contributed by atoms with E-state index in [4.69, 9.17) is 4.74 Å². The van der Waals surface area contributed by atoms with Crippen molar-refractivity contribution in [1.29, 1.82) is 0 Å². The van der Waals surface area contributed by atoms with Crippen LogP contribution in [0.1, 0.15) is 25.5 Å². The van der Waals surface area contributed by atoms with Crippen molar-refractivity contribution in [1.82, 2.24) is 15.1 Å². The Kier molecular flexibility index (Phi) is 6.03. The first-order valence-corrected chi connectivity index (χ1v) is 7.94. The number of hydrogen-bond acceptors (Lipinski definition) is 4. The molecule has 0 aromatic heterocycles. The first-order chi connectivity index (χ1) is 10.2. The summed E-state index contributed by atoms with van der Waals surface area (Å²) in [6, 6.07) is 9.29. The molecule has 1 aromatic rings. The van der Waals surface area contributed by atoms with Crippen molar-refractivity contribution < 1.29 is 4.74 Å². The lowest BCUT2D eigenvalue weighted by atomic mass is 10.0. The fraction of sp³-hybridized carbons (Fsp3) is 0.647. The highest BCUT2D eigenvalue weighted by atomic mass is 16.5. The molecule has 2 unspecified atom stereocenters. The summed E-state index contributed by atoms with van der Waals surface area (Å²) in [6.45, 7) is 9.88. The van der Waals surface area contributed by atoms with Crippen molar-refractivity contribution in [3.05, 3.63) is 29.8 Å². The minimum absolute atomic E-state index is 0.321. The maximum atomic E-state index is 5.53. The molecule has 1 aliphatic heterocycles. The fourth-order valence-corrected chi connectivity index (χ4v) is 3.02. The number of para-hydroxylation sites is 1. The molecule has 0 bridgehead atoms. The molecule has 118 valence electrons. The Bertz CT molecular complexity index is 438. The molecule has 2 atom stereocenters. The maximum Gasteiger partial charge on any atom is 0.123 e. The van der Waals surface area contributed by atoms with Crippen LogP contribution in [0.25, 0.3) is 0 Å². The quantitative estimate of drug-likeness (QED) is 0.867. The molecular formula is C17H29N3O. The van der Waals surface area contributed by atoms with Crippen LogP contribution in [0, 0.1) is 0 Å². The number of nitrogens with one attached hydrogen (secondary N) is 1. The topological polar surface area (TPSA) is 27.7 Å². The summed E-state index contributed by atoms with van der Waals surface area (Å²) < 4.78 is 5.53. The van der Waals surface area contributed by atoms with Gasteiger partial charge in [-0.2, -0.15) is 0 Å². The van der Waals surface area contributed by atoms with E-state index in [0.717, 1.165) is 38.5 Å². The van der Waals surface area contributed by atoms with Gasteiger partial charge in [0.2, 0.25) is 0 Å². The summed E-state index contributed by atoms with van der Waals surface area (Å²) in [5.74, 6) is 0.977. The molecule has 0 spiro atoms. The molecule has 21 heavy (non-hydrogen) atoms. The zero-order valence-corrected chi connectivity index (χ0v) is 13.8. The zero-order valence-electron chi connectivity index (χ0n) is 13.8. The standard InChI is InChI=1S/C17H29N3O/c1-5-18-16(15-8-6-7-9-17(15)21-4)13-20-11-10-19(3)14(2)12-20/h6-9,14,16,18H,5,10-13H2,1-4H3. The average molecular weight is 291 g/mol. The molecule has 1 aliphatic rings. The summed E-state index contributed by atoms with van der Waals surface area (Å²) in [5.41, 5.74) is 1.26. The molecule has 0 amide bonds. The van der Waals surface area contributed by atoms with Gasteiger partial charge in [-0.3, -0.25) is 4.90 Å². The smallest absolute Gasteiger partial charge is 0.123 e. The van der Waals surface area contributed by atoms with Gasteiger partial charge in [-0.1, -0.05) is 25.1 Å². The van der Waals surface area contributed by atoms with Crippen molar-refractivity contribution in [3.8, 4) is 5.75 Å². The average Bonchev–Trinajstić information content (AvgIpc) is 2.50. The number of nitrogens with zero attached hydrogens (tertiary/aromatic N) is 2. The second-order valence-electron chi connectivity index (χ2n) is 5.94. The molecule has 1 aromatic carbocycles. The van der Waals surface area contributed by atoms with Crippen molar-refractivity contribution >= 4 is 0 Å². The lowest BCUT2D eigenvalue weighted by Gasteiger charge is -2.39. The monoisotopic (exact) mass is 291 g/mol. The Morgan fingerprint density at radius 2 is 2.10 bits per heavy atom. The van der Waals surface area contributed by atoms with Gasteiger partial charge in [0.25, 0.3) is 0 Å². The van der Waals surface area contributed by atoms with Gasteiger partial charge in [-0.15, -0.1) is 0 Å². The van der Waals surface area contributed by atoms with E-state index in [-0.39, 0.29) is 0 Å². The molecule has 0 radical (unpaired) electrons. The number of hydrogen-bond donors (Lipinski definition) is 1. The van der Waals surface area contributed by atoms with E-state index in [9.17, 15) is 0 Å². The Balaban J connectivity index is 2.08. The molecule has 1 heterocycles. The van der Waals surface area contributed by atoms with Gasteiger partial charge in [0.15, 0.2) is 0 Å². The van der Waals surface area contributed by atoms with Gasteiger partial charge in [0.05, 0.1) is 7.11 Å². The summed E-state index contributed by atoms with van der Waals surface area (Å²) in [4.78, 5) is 4.99. The van der Waals surface area contributed by atoms with Crippen LogP contribution >= 0.6 is 0 Å². The third kappa shape index (κ3) is 4.19. The predicted octanol–water partition coefficient (Wildman–Crippen LogP) is 1.98. The molecular weight excluding hydrogens is 262 g/mol. The number of piperazine rings is 1. The summed E-state index contributed by atoms with van der Waals surface area (Å²) in [5, 5.41) is 3.61. The van der Waals surface area contributed by atoms with Crippen LogP contribution in [-0.4, -0.2) is 62.7 Å². The molecule has 4 nitrogen and oxygen atoms in total. The summed E-state index contributed by atoms with van der Waals surface area (Å²) in [7, 11) is 3.96. The Morgan fingerprint density at radius 3 is 2.76 bits per heavy atom. The van der Waals surface area contributed by atoms with Gasteiger partial charge >= 0.3 is 0 Å². The van der Waals surface area contributed by atoms with E-state index in [1.165, 1.54) is 5.56 Å². The molecule has 4 heteroatoms. The third-order valence-corrected chi connectivity index (χ3v) is 4.45. The minimum Gasteiger partial charge on any atom is -0.496 e. The van der Waals surface area contributed by atoms with Crippen molar-refractivity contribution in [2.45, 2.75) is 25.9 Å². The van der Waals surface area contributed by atoms with E-state index in [1.807, 2.05) is 12.1 Å². The first kappa shape index (κ1) is 16.3. The van der Waals surface area contributed by atoms with Crippen LogP contribution in [0.2, 0.25) is 0 Å². The predicted molar refractivity (Wildman–Crippen MR) is 87.9 cm³/mol. The molecule has 0 saturated carbocycles. The first-order valence-electron chi connectivity index (χ1n) is 7.94. The second-order valence-corrected chi connectivity index (χ2v) is 5.94. The number of rotatable bonds is 6. The van der Waals surface area contributed by atoms with Crippen molar-refractivity contribution in [3.63, 3.8) is 0 Å². The van der Waals surface area contributed by atoms with Gasteiger partial charge in [-0.25, -0.2) is 0 Å². The number of benzene rings is 1. The Labute approximate surface area is 129 Å². The highest BCUT2D eigenvalue weighted by molar-refractivity contribution is 5.36. The lowest BCUT2D eigenvalue weighted by molar-refractivity contribution is 0.0968. The molecule has 2 rings (SSSR count). The van der Waals surface area contributed by atoms with Gasteiger partial charge in [0.1, 0.15) is 5.75 Å². The van der Waals surface area contributed by atoms with Gasteiger partial charge in [0, 0.05) is 43.8 Å². The van der Waals surface area contributed by atoms with E-state index in [2.05, 4.69) is 48.1 Å². The van der Waals surface area contributed by atoms with Crippen LogP contribution in [0.4, 0.5) is 0 Å². The number of ether oxygens (including phenoxy) is 1. The van der Waals surface area contributed by atoms with Gasteiger partial charge < -0.3 is 15.0 Å². The zero-order chi connectivity index (χ0) is 15.2. The minimum atomic E-state index is 0.321. The largest absolute Gasteiger partial charge is 0.496 e. The second kappa shape index (κ2) is 7.78. The summed E-state index contributed by atoms with van der Waals surface area (Å²) >= 11 is 0.